The zero-order valence-corrected chi connectivity index (χ0v) is 13.6. The third-order valence-corrected chi connectivity index (χ3v) is 4.39. The van der Waals surface area contributed by atoms with Gasteiger partial charge in [0.2, 0.25) is 11.9 Å². The van der Waals surface area contributed by atoms with E-state index in [0.717, 1.165) is 31.9 Å². The highest BCUT2D eigenvalue weighted by Gasteiger charge is 2.27. The minimum Gasteiger partial charge on any atom is -0.392 e. The molecule has 1 saturated heterocycles. The third-order valence-electron chi connectivity index (χ3n) is 4.39. The number of amides is 1. The predicted octanol–water partition coefficient (Wildman–Crippen LogP) is 1.31. The van der Waals surface area contributed by atoms with Crippen LogP contribution in [-0.4, -0.2) is 58.2 Å². The van der Waals surface area contributed by atoms with Gasteiger partial charge < -0.3 is 14.9 Å². The van der Waals surface area contributed by atoms with Gasteiger partial charge in [-0.1, -0.05) is 13.8 Å². The molecule has 1 fully saturated rings. The summed E-state index contributed by atoms with van der Waals surface area (Å²) >= 11 is 0. The molecule has 1 aliphatic rings. The molecule has 0 aliphatic carbocycles. The lowest BCUT2D eigenvalue weighted by Crippen LogP contribution is -2.46. The second kappa shape index (κ2) is 7.54. The Morgan fingerprint density at radius 3 is 2.50 bits per heavy atom. The average Bonchev–Trinajstić information content (AvgIpc) is 2.55. The van der Waals surface area contributed by atoms with Gasteiger partial charge in [0.15, 0.2) is 0 Å². The lowest BCUT2D eigenvalue weighted by atomic mass is 10.0. The van der Waals surface area contributed by atoms with E-state index >= 15 is 0 Å². The Morgan fingerprint density at radius 2 is 1.95 bits per heavy atom. The smallest absolute Gasteiger partial charge is 0.225 e. The molecule has 122 valence electrons. The summed E-state index contributed by atoms with van der Waals surface area (Å²) in [4.78, 5) is 24.7. The van der Waals surface area contributed by atoms with Gasteiger partial charge in [-0.25, -0.2) is 9.97 Å². The van der Waals surface area contributed by atoms with Crippen molar-refractivity contribution in [2.45, 2.75) is 45.3 Å². The molecule has 0 saturated carbocycles. The molecule has 0 aromatic carbocycles. The van der Waals surface area contributed by atoms with Crippen molar-refractivity contribution in [2.24, 2.45) is 5.92 Å². The molecule has 1 amide bonds. The molecule has 1 aromatic heterocycles. The van der Waals surface area contributed by atoms with Crippen LogP contribution in [0.15, 0.2) is 18.5 Å². The molecule has 0 spiro atoms. The summed E-state index contributed by atoms with van der Waals surface area (Å²) in [5, 5.41) is 9.86. The van der Waals surface area contributed by atoms with Gasteiger partial charge in [-0.05, 0) is 24.8 Å². The zero-order chi connectivity index (χ0) is 16.1. The summed E-state index contributed by atoms with van der Waals surface area (Å²) in [6, 6.07) is 2.04. The number of hydrogen-bond acceptors (Lipinski definition) is 5. The lowest BCUT2D eigenvalue weighted by molar-refractivity contribution is -0.135. The zero-order valence-electron chi connectivity index (χ0n) is 13.6. The van der Waals surface area contributed by atoms with Crippen LogP contribution in [-0.2, 0) is 4.79 Å². The van der Waals surface area contributed by atoms with E-state index in [9.17, 15) is 9.90 Å². The van der Waals surface area contributed by atoms with E-state index in [1.165, 1.54) is 0 Å². The molecule has 1 N–H and O–H groups in total. The first-order chi connectivity index (χ1) is 10.5. The molecule has 1 aromatic rings. The van der Waals surface area contributed by atoms with Gasteiger partial charge in [0.25, 0.3) is 0 Å². The number of anilines is 1. The minimum atomic E-state index is -0.562. The molecule has 0 bridgehead atoms. The van der Waals surface area contributed by atoms with Crippen molar-refractivity contribution in [1.82, 2.24) is 14.9 Å². The van der Waals surface area contributed by atoms with Crippen LogP contribution in [0.3, 0.4) is 0 Å². The highest BCUT2D eigenvalue weighted by molar-refractivity contribution is 5.76. The van der Waals surface area contributed by atoms with Crippen molar-refractivity contribution in [3.8, 4) is 0 Å². The van der Waals surface area contributed by atoms with Gasteiger partial charge in [-0.3, -0.25) is 4.79 Å². The highest BCUT2D eigenvalue weighted by atomic mass is 16.3. The molecule has 2 rings (SSSR count). The molecule has 2 heterocycles. The fraction of sp³-hybridized carbons (Fsp3) is 0.688. The van der Waals surface area contributed by atoms with E-state index in [1.807, 2.05) is 27.0 Å². The second-order valence-corrected chi connectivity index (χ2v) is 6.29. The molecule has 1 unspecified atom stereocenters. The minimum absolute atomic E-state index is 0.0237. The number of carbonyl (C=O) groups excluding carboxylic acids is 1. The summed E-state index contributed by atoms with van der Waals surface area (Å²) < 4.78 is 0. The first kappa shape index (κ1) is 16.7. The van der Waals surface area contributed by atoms with E-state index < -0.39 is 6.10 Å². The molecular weight excluding hydrogens is 280 g/mol. The molecule has 1 atom stereocenters. The fourth-order valence-electron chi connectivity index (χ4n) is 2.67. The van der Waals surface area contributed by atoms with E-state index in [0.29, 0.717) is 0 Å². The average molecular weight is 306 g/mol. The topological polar surface area (TPSA) is 69.6 Å². The van der Waals surface area contributed by atoms with Crippen molar-refractivity contribution < 1.29 is 9.90 Å². The lowest BCUT2D eigenvalue weighted by Gasteiger charge is -2.37. The van der Waals surface area contributed by atoms with Crippen LogP contribution in [0.4, 0.5) is 5.95 Å². The summed E-state index contributed by atoms with van der Waals surface area (Å²) in [5.41, 5.74) is 0. The van der Waals surface area contributed by atoms with Gasteiger partial charge in [0.1, 0.15) is 0 Å². The quantitative estimate of drug-likeness (QED) is 0.888. The van der Waals surface area contributed by atoms with Crippen molar-refractivity contribution >= 4 is 11.9 Å². The van der Waals surface area contributed by atoms with Gasteiger partial charge in [-0.2, -0.15) is 0 Å². The van der Waals surface area contributed by atoms with Crippen molar-refractivity contribution in [3.63, 3.8) is 0 Å². The van der Waals surface area contributed by atoms with Crippen molar-refractivity contribution in [1.29, 1.82) is 0 Å². The Balaban J connectivity index is 1.84. The van der Waals surface area contributed by atoms with E-state index in [2.05, 4.69) is 14.9 Å². The first-order valence-electron chi connectivity index (χ1n) is 7.94. The fourth-order valence-corrected chi connectivity index (χ4v) is 2.67. The molecular formula is C16H26N4O2. The SMILES string of the molecule is CC(C)C(O)CC(=O)N(C)C1CCN(c2ncccn2)CC1. The number of aliphatic hydroxyl groups is 1. The largest absolute Gasteiger partial charge is 0.392 e. The van der Waals surface area contributed by atoms with E-state index in [-0.39, 0.29) is 24.3 Å². The predicted molar refractivity (Wildman–Crippen MR) is 85.5 cm³/mol. The Labute approximate surface area is 132 Å². The standard InChI is InChI=1S/C16H26N4O2/c1-12(2)14(21)11-15(22)19(3)13-5-9-20(10-6-13)16-17-7-4-8-18-16/h4,7-8,12-14,21H,5-6,9-11H2,1-3H3. The van der Waals surface area contributed by atoms with Gasteiger partial charge in [0, 0.05) is 38.6 Å². The number of piperidine rings is 1. The molecule has 0 radical (unpaired) electrons. The molecule has 6 heteroatoms. The van der Waals surface area contributed by atoms with Gasteiger partial charge in [0.05, 0.1) is 12.5 Å². The molecule has 1 aliphatic heterocycles. The Morgan fingerprint density at radius 1 is 1.36 bits per heavy atom. The normalized spacial score (nSPS) is 17.6. The number of hydrogen-bond donors (Lipinski definition) is 1. The maximum atomic E-state index is 12.2. The Bertz CT molecular complexity index is 472. The molecule has 6 nitrogen and oxygen atoms in total. The van der Waals surface area contributed by atoms with Crippen LogP contribution in [0.2, 0.25) is 0 Å². The number of rotatable bonds is 5. The van der Waals surface area contributed by atoms with Crippen molar-refractivity contribution in [2.75, 3.05) is 25.0 Å². The van der Waals surface area contributed by atoms with E-state index in [4.69, 9.17) is 0 Å². The van der Waals surface area contributed by atoms with Crippen LogP contribution in [0.1, 0.15) is 33.1 Å². The van der Waals surface area contributed by atoms with Crippen LogP contribution < -0.4 is 4.90 Å². The first-order valence-corrected chi connectivity index (χ1v) is 7.94. The Kier molecular flexibility index (Phi) is 5.71. The van der Waals surface area contributed by atoms with Crippen LogP contribution in [0, 0.1) is 5.92 Å². The second-order valence-electron chi connectivity index (χ2n) is 6.29. The number of aliphatic hydroxyl groups excluding tert-OH is 1. The van der Waals surface area contributed by atoms with Crippen LogP contribution in [0.5, 0.6) is 0 Å². The summed E-state index contributed by atoms with van der Waals surface area (Å²) in [6.45, 7) is 5.55. The van der Waals surface area contributed by atoms with Gasteiger partial charge in [-0.15, -0.1) is 0 Å². The van der Waals surface area contributed by atoms with E-state index in [1.54, 1.807) is 17.3 Å². The maximum absolute atomic E-state index is 12.2. The maximum Gasteiger partial charge on any atom is 0.225 e. The summed E-state index contributed by atoms with van der Waals surface area (Å²) in [5.74, 6) is 0.884. The number of aromatic nitrogens is 2. The highest BCUT2D eigenvalue weighted by Crippen LogP contribution is 2.20. The summed E-state index contributed by atoms with van der Waals surface area (Å²) in [6.07, 6.45) is 4.94. The van der Waals surface area contributed by atoms with Crippen LogP contribution >= 0.6 is 0 Å². The Hall–Kier alpha value is -1.69. The number of carbonyl (C=O) groups is 1. The number of nitrogens with zero attached hydrogens (tertiary/aromatic N) is 4. The monoisotopic (exact) mass is 306 g/mol. The van der Waals surface area contributed by atoms with Crippen LogP contribution in [0.25, 0.3) is 0 Å². The molecule has 22 heavy (non-hydrogen) atoms. The van der Waals surface area contributed by atoms with Gasteiger partial charge >= 0.3 is 0 Å². The summed E-state index contributed by atoms with van der Waals surface area (Å²) in [7, 11) is 1.84. The van der Waals surface area contributed by atoms with Crippen molar-refractivity contribution in [3.05, 3.63) is 18.5 Å². The third kappa shape index (κ3) is 4.16.